The van der Waals surface area contributed by atoms with Crippen LogP contribution in [0.2, 0.25) is 0 Å². The Balaban J connectivity index is 1.59. The third-order valence-corrected chi connectivity index (χ3v) is 3.12. The Kier molecular flexibility index (Phi) is 4.41. The van der Waals surface area contributed by atoms with E-state index in [1.54, 1.807) is 0 Å². The molecule has 0 bridgehead atoms. The largest absolute Gasteiger partial charge is 0.372 e. The zero-order valence-electron chi connectivity index (χ0n) is 9.30. The van der Waals surface area contributed by atoms with Gasteiger partial charge in [0.25, 0.3) is 0 Å². The van der Waals surface area contributed by atoms with Crippen molar-refractivity contribution >= 4 is 5.84 Å². The molecule has 2 aliphatic heterocycles. The van der Waals surface area contributed by atoms with Crippen molar-refractivity contribution in [2.24, 2.45) is 10.9 Å². The minimum absolute atomic E-state index is 0.673. The molecule has 0 aromatic rings. The van der Waals surface area contributed by atoms with E-state index in [1.807, 2.05) is 0 Å². The van der Waals surface area contributed by atoms with E-state index >= 15 is 0 Å². The van der Waals surface area contributed by atoms with Crippen LogP contribution in [0.3, 0.4) is 0 Å². The summed E-state index contributed by atoms with van der Waals surface area (Å²) >= 11 is 0. The molecule has 2 heterocycles. The van der Waals surface area contributed by atoms with Gasteiger partial charge in [0.05, 0.1) is 13.2 Å². The van der Waals surface area contributed by atoms with Gasteiger partial charge in [-0.1, -0.05) is 0 Å². The summed E-state index contributed by atoms with van der Waals surface area (Å²) in [6, 6.07) is 0. The normalized spacial score (nSPS) is 23.6. The topological polar surface area (TPSA) is 45.6 Å². The predicted molar refractivity (Wildman–Crippen MR) is 61.3 cm³/mol. The lowest BCUT2D eigenvalue weighted by Crippen LogP contribution is -2.34. The SMILES string of the molecule is C1COCC(NCCC2CCNCC2)=N1. The molecule has 0 unspecified atom stereocenters. The van der Waals surface area contributed by atoms with Gasteiger partial charge in [0.2, 0.25) is 0 Å². The molecule has 2 aliphatic rings. The molecule has 0 aromatic carbocycles. The van der Waals surface area contributed by atoms with Crippen LogP contribution in [0.25, 0.3) is 0 Å². The molecule has 15 heavy (non-hydrogen) atoms. The molecule has 2 rings (SSSR count). The first-order valence-corrected chi connectivity index (χ1v) is 6.01. The molecule has 0 radical (unpaired) electrons. The lowest BCUT2D eigenvalue weighted by atomic mass is 9.95. The van der Waals surface area contributed by atoms with Crippen molar-refractivity contribution in [1.82, 2.24) is 10.6 Å². The lowest BCUT2D eigenvalue weighted by molar-refractivity contribution is 0.168. The Morgan fingerprint density at radius 3 is 3.00 bits per heavy atom. The Morgan fingerprint density at radius 1 is 1.40 bits per heavy atom. The maximum Gasteiger partial charge on any atom is 0.123 e. The Labute approximate surface area is 91.5 Å². The summed E-state index contributed by atoms with van der Waals surface area (Å²) < 4.78 is 5.32. The number of nitrogens with zero attached hydrogens (tertiary/aromatic N) is 1. The van der Waals surface area contributed by atoms with Crippen LogP contribution in [-0.4, -0.2) is 45.2 Å². The van der Waals surface area contributed by atoms with Gasteiger partial charge < -0.3 is 15.4 Å². The van der Waals surface area contributed by atoms with E-state index in [2.05, 4.69) is 15.6 Å². The smallest absolute Gasteiger partial charge is 0.123 e. The average molecular weight is 211 g/mol. The minimum Gasteiger partial charge on any atom is -0.372 e. The quantitative estimate of drug-likeness (QED) is 0.710. The second kappa shape index (κ2) is 6.08. The summed E-state index contributed by atoms with van der Waals surface area (Å²) in [5, 5.41) is 6.76. The van der Waals surface area contributed by atoms with Crippen molar-refractivity contribution in [2.45, 2.75) is 19.3 Å². The Bertz CT molecular complexity index is 212. The maximum atomic E-state index is 5.32. The summed E-state index contributed by atoms with van der Waals surface area (Å²) in [6.45, 7) is 5.69. The molecule has 0 atom stereocenters. The Hall–Kier alpha value is -0.610. The zero-order chi connectivity index (χ0) is 10.3. The lowest BCUT2D eigenvalue weighted by Gasteiger charge is -2.23. The standard InChI is InChI=1S/C11H21N3O/c1-4-12-5-2-10(1)3-6-13-11-9-15-8-7-14-11/h10,12H,1-9H2,(H,13,14). The highest BCUT2D eigenvalue weighted by Gasteiger charge is 2.12. The highest BCUT2D eigenvalue weighted by molar-refractivity contribution is 5.83. The molecule has 86 valence electrons. The molecular formula is C11H21N3O. The fourth-order valence-corrected chi connectivity index (χ4v) is 2.16. The number of nitrogens with one attached hydrogen (secondary N) is 2. The van der Waals surface area contributed by atoms with Gasteiger partial charge >= 0.3 is 0 Å². The van der Waals surface area contributed by atoms with E-state index in [4.69, 9.17) is 4.74 Å². The van der Waals surface area contributed by atoms with Crippen LogP contribution in [0.5, 0.6) is 0 Å². The number of amidine groups is 1. The van der Waals surface area contributed by atoms with Crippen molar-refractivity contribution in [2.75, 3.05) is 39.4 Å². The molecule has 0 spiro atoms. The number of piperidine rings is 1. The second-order valence-corrected chi connectivity index (χ2v) is 4.29. The Morgan fingerprint density at radius 2 is 2.27 bits per heavy atom. The van der Waals surface area contributed by atoms with E-state index in [9.17, 15) is 0 Å². The van der Waals surface area contributed by atoms with Gasteiger partial charge in [0.15, 0.2) is 0 Å². The van der Waals surface area contributed by atoms with Crippen molar-refractivity contribution in [1.29, 1.82) is 0 Å². The fraction of sp³-hybridized carbons (Fsp3) is 0.909. The van der Waals surface area contributed by atoms with Crippen LogP contribution in [0, 0.1) is 5.92 Å². The number of rotatable bonds is 3. The van der Waals surface area contributed by atoms with Crippen LogP contribution in [0.4, 0.5) is 0 Å². The van der Waals surface area contributed by atoms with Crippen LogP contribution < -0.4 is 10.6 Å². The molecule has 1 saturated heterocycles. The molecule has 0 aliphatic carbocycles. The van der Waals surface area contributed by atoms with Gasteiger partial charge in [-0.3, -0.25) is 4.99 Å². The first-order chi connectivity index (χ1) is 7.45. The van der Waals surface area contributed by atoms with E-state index in [1.165, 1.54) is 32.4 Å². The predicted octanol–water partition coefficient (Wildman–Crippen LogP) is 0.394. The highest BCUT2D eigenvalue weighted by Crippen LogP contribution is 2.14. The van der Waals surface area contributed by atoms with Crippen LogP contribution in [-0.2, 0) is 4.74 Å². The van der Waals surface area contributed by atoms with Gasteiger partial charge in [-0.25, -0.2) is 0 Å². The van der Waals surface area contributed by atoms with Crippen molar-refractivity contribution < 1.29 is 4.74 Å². The van der Waals surface area contributed by atoms with Gasteiger partial charge in [0.1, 0.15) is 12.4 Å². The molecule has 0 aromatic heterocycles. The van der Waals surface area contributed by atoms with E-state index in [-0.39, 0.29) is 0 Å². The number of aliphatic imine (C=N–C) groups is 1. The van der Waals surface area contributed by atoms with Gasteiger partial charge in [0, 0.05) is 6.54 Å². The number of hydrogen-bond donors (Lipinski definition) is 2. The van der Waals surface area contributed by atoms with Gasteiger partial charge in [-0.05, 0) is 38.3 Å². The zero-order valence-corrected chi connectivity index (χ0v) is 9.30. The summed E-state index contributed by atoms with van der Waals surface area (Å²) in [4.78, 5) is 4.38. The van der Waals surface area contributed by atoms with Crippen molar-refractivity contribution in [3.63, 3.8) is 0 Å². The first-order valence-electron chi connectivity index (χ1n) is 6.01. The summed E-state index contributed by atoms with van der Waals surface area (Å²) in [5.74, 6) is 1.93. The molecule has 0 amide bonds. The van der Waals surface area contributed by atoms with Crippen LogP contribution >= 0.6 is 0 Å². The first kappa shape index (κ1) is 10.9. The average Bonchev–Trinajstić information content (AvgIpc) is 2.32. The number of ether oxygens (including phenoxy) is 1. The molecule has 2 N–H and O–H groups in total. The maximum absolute atomic E-state index is 5.32. The third kappa shape index (κ3) is 3.80. The molecule has 4 heteroatoms. The van der Waals surface area contributed by atoms with E-state index in [0.29, 0.717) is 6.61 Å². The summed E-state index contributed by atoms with van der Waals surface area (Å²) in [7, 11) is 0. The fourth-order valence-electron chi connectivity index (χ4n) is 2.16. The summed E-state index contributed by atoms with van der Waals surface area (Å²) in [5.41, 5.74) is 0. The summed E-state index contributed by atoms with van der Waals surface area (Å²) in [6.07, 6.45) is 3.91. The molecule has 1 fully saturated rings. The van der Waals surface area contributed by atoms with E-state index in [0.717, 1.165) is 31.4 Å². The van der Waals surface area contributed by atoms with Crippen LogP contribution in [0.15, 0.2) is 4.99 Å². The van der Waals surface area contributed by atoms with E-state index < -0.39 is 0 Å². The third-order valence-electron chi connectivity index (χ3n) is 3.12. The van der Waals surface area contributed by atoms with Crippen molar-refractivity contribution in [3.8, 4) is 0 Å². The highest BCUT2D eigenvalue weighted by atomic mass is 16.5. The minimum atomic E-state index is 0.673. The second-order valence-electron chi connectivity index (χ2n) is 4.29. The van der Waals surface area contributed by atoms with Crippen LogP contribution in [0.1, 0.15) is 19.3 Å². The van der Waals surface area contributed by atoms with Gasteiger partial charge in [-0.15, -0.1) is 0 Å². The van der Waals surface area contributed by atoms with Gasteiger partial charge in [-0.2, -0.15) is 0 Å². The number of hydrogen-bond acceptors (Lipinski definition) is 4. The van der Waals surface area contributed by atoms with Crippen molar-refractivity contribution in [3.05, 3.63) is 0 Å². The molecular weight excluding hydrogens is 190 g/mol. The molecule has 4 nitrogen and oxygen atoms in total. The monoisotopic (exact) mass is 211 g/mol. The molecule has 0 saturated carbocycles.